The number of thiophene rings is 1. The van der Waals surface area contributed by atoms with Crippen molar-refractivity contribution in [3.05, 3.63) is 41.8 Å². The summed E-state index contributed by atoms with van der Waals surface area (Å²) in [6.45, 7) is 2.67. The van der Waals surface area contributed by atoms with Crippen LogP contribution in [0.2, 0.25) is 0 Å². The molecule has 0 radical (unpaired) electrons. The smallest absolute Gasteiger partial charge is 0.336 e. The fourth-order valence-electron chi connectivity index (χ4n) is 2.25. The fourth-order valence-corrected chi connectivity index (χ4v) is 2.95. The Hall–Kier alpha value is -2.71. The van der Waals surface area contributed by atoms with Crippen molar-refractivity contribution >= 4 is 22.9 Å². The summed E-state index contributed by atoms with van der Waals surface area (Å²) < 4.78 is 12.3. The first kappa shape index (κ1) is 18.1. The molecule has 2 heterocycles. The maximum atomic E-state index is 11.5. The van der Waals surface area contributed by atoms with Crippen LogP contribution in [0.5, 0.6) is 6.01 Å². The molecule has 3 rings (SSSR count). The highest BCUT2D eigenvalue weighted by Crippen LogP contribution is 2.27. The molecule has 3 aromatic rings. The van der Waals surface area contributed by atoms with E-state index in [1.807, 2.05) is 48.7 Å². The molecule has 0 aliphatic heterocycles. The molecular weight excluding hydrogens is 352 g/mol. The normalized spacial score (nSPS) is 10.7. The van der Waals surface area contributed by atoms with Crippen molar-refractivity contribution in [2.24, 2.45) is 0 Å². The van der Waals surface area contributed by atoms with Gasteiger partial charge in [0.15, 0.2) is 5.82 Å². The van der Waals surface area contributed by atoms with Crippen molar-refractivity contribution in [3.8, 4) is 22.4 Å². The number of anilines is 1. The van der Waals surface area contributed by atoms with E-state index < -0.39 is 0 Å². The van der Waals surface area contributed by atoms with E-state index >= 15 is 0 Å². The molecule has 0 atom stereocenters. The second-order valence-electron chi connectivity index (χ2n) is 5.40. The zero-order valence-electron chi connectivity index (χ0n) is 14.6. The van der Waals surface area contributed by atoms with Gasteiger partial charge >= 0.3 is 6.01 Å². The summed E-state index contributed by atoms with van der Waals surface area (Å²) in [7, 11) is 1.62. The summed E-state index contributed by atoms with van der Waals surface area (Å²) >= 11 is 1.58. The molecule has 136 valence electrons. The van der Waals surface area contributed by atoms with Crippen molar-refractivity contribution < 1.29 is 14.3 Å². The molecule has 8 heteroatoms. The molecule has 2 aromatic heterocycles. The van der Waals surface area contributed by atoms with Gasteiger partial charge in [-0.1, -0.05) is 13.0 Å². The summed E-state index contributed by atoms with van der Waals surface area (Å²) in [6.07, 6.45) is 0.440. The van der Waals surface area contributed by atoms with Crippen molar-refractivity contribution in [1.29, 1.82) is 0 Å². The Labute approximate surface area is 155 Å². The lowest BCUT2D eigenvalue weighted by Gasteiger charge is -2.07. The molecule has 0 fully saturated rings. The molecule has 7 nitrogen and oxygen atoms in total. The van der Waals surface area contributed by atoms with E-state index in [0.29, 0.717) is 31.5 Å². The Kier molecular flexibility index (Phi) is 5.98. The second-order valence-corrected chi connectivity index (χ2v) is 6.34. The summed E-state index contributed by atoms with van der Waals surface area (Å²) in [4.78, 5) is 17.0. The number of amides is 1. The molecule has 0 unspecified atom stereocenters. The van der Waals surface area contributed by atoms with E-state index in [9.17, 15) is 4.79 Å². The molecule has 0 saturated heterocycles. The number of benzene rings is 1. The zero-order valence-corrected chi connectivity index (χ0v) is 15.5. The molecule has 0 bridgehead atoms. The molecule has 0 aliphatic carbocycles. The van der Waals surface area contributed by atoms with Crippen LogP contribution in [0.4, 0.5) is 5.69 Å². The predicted molar refractivity (Wildman–Crippen MR) is 101 cm³/mol. The number of carbonyl (C=O) groups is 1. The lowest BCUT2D eigenvalue weighted by molar-refractivity contribution is -0.115. The zero-order chi connectivity index (χ0) is 18.4. The van der Waals surface area contributed by atoms with Crippen LogP contribution in [0, 0.1) is 0 Å². The van der Waals surface area contributed by atoms with Gasteiger partial charge in [0, 0.05) is 19.2 Å². The van der Waals surface area contributed by atoms with E-state index in [1.165, 1.54) is 0 Å². The van der Waals surface area contributed by atoms with Gasteiger partial charge in [0.25, 0.3) is 0 Å². The molecule has 0 spiro atoms. The molecule has 1 N–H and O–H groups in total. The Morgan fingerprint density at radius 1 is 1.23 bits per heavy atom. The third-order valence-electron chi connectivity index (χ3n) is 3.56. The largest absolute Gasteiger partial charge is 0.460 e. The van der Waals surface area contributed by atoms with Gasteiger partial charge in [-0.15, -0.1) is 16.4 Å². The standard InChI is InChI=1S/C18H20N4O3S/c1-3-16(23)19-13-6-8-14(9-7-13)22-17(15-5-4-12-26-15)20-18(21-22)25-11-10-24-2/h4-9,12H,3,10-11H2,1-2H3,(H,19,23). The summed E-state index contributed by atoms with van der Waals surface area (Å²) in [5.41, 5.74) is 1.58. The first-order chi connectivity index (χ1) is 12.7. The van der Waals surface area contributed by atoms with Crippen LogP contribution in [0.3, 0.4) is 0 Å². The van der Waals surface area contributed by atoms with E-state index in [2.05, 4.69) is 15.4 Å². The minimum atomic E-state index is -0.0217. The minimum absolute atomic E-state index is 0.0217. The number of rotatable bonds is 8. The van der Waals surface area contributed by atoms with Crippen LogP contribution >= 0.6 is 11.3 Å². The van der Waals surface area contributed by atoms with Gasteiger partial charge in [-0.05, 0) is 35.7 Å². The number of ether oxygens (including phenoxy) is 2. The number of hydrogen-bond donors (Lipinski definition) is 1. The van der Waals surface area contributed by atoms with Crippen LogP contribution in [0.1, 0.15) is 13.3 Å². The van der Waals surface area contributed by atoms with Crippen molar-refractivity contribution in [1.82, 2.24) is 14.8 Å². The minimum Gasteiger partial charge on any atom is -0.460 e. The van der Waals surface area contributed by atoms with Gasteiger partial charge in [0.1, 0.15) is 6.61 Å². The van der Waals surface area contributed by atoms with E-state index in [1.54, 1.807) is 23.1 Å². The Bertz CT molecular complexity index is 844. The van der Waals surface area contributed by atoms with Crippen molar-refractivity contribution in [2.45, 2.75) is 13.3 Å². The maximum absolute atomic E-state index is 11.5. The van der Waals surface area contributed by atoms with E-state index in [-0.39, 0.29) is 5.91 Å². The number of hydrogen-bond acceptors (Lipinski definition) is 6. The highest BCUT2D eigenvalue weighted by Gasteiger charge is 2.15. The van der Waals surface area contributed by atoms with Crippen molar-refractivity contribution in [2.75, 3.05) is 25.6 Å². The van der Waals surface area contributed by atoms with Crippen LogP contribution in [-0.2, 0) is 9.53 Å². The average molecular weight is 372 g/mol. The predicted octanol–water partition coefficient (Wildman–Crippen LogP) is 3.37. The van der Waals surface area contributed by atoms with Crippen LogP contribution < -0.4 is 10.1 Å². The van der Waals surface area contributed by atoms with Gasteiger partial charge in [-0.3, -0.25) is 4.79 Å². The number of aromatic nitrogens is 3. The average Bonchev–Trinajstić information content (AvgIpc) is 3.32. The van der Waals surface area contributed by atoms with Crippen LogP contribution in [0.25, 0.3) is 16.4 Å². The van der Waals surface area contributed by atoms with Crippen LogP contribution in [0.15, 0.2) is 41.8 Å². The Morgan fingerprint density at radius 2 is 2.04 bits per heavy atom. The lowest BCUT2D eigenvalue weighted by atomic mass is 10.2. The monoisotopic (exact) mass is 372 g/mol. The molecule has 1 amide bonds. The van der Waals surface area contributed by atoms with Gasteiger partial charge in [-0.25, -0.2) is 4.68 Å². The van der Waals surface area contributed by atoms with Crippen LogP contribution in [-0.4, -0.2) is 41.0 Å². The molecule has 1 aromatic carbocycles. The van der Waals surface area contributed by atoms with E-state index in [4.69, 9.17) is 9.47 Å². The van der Waals surface area contributed by atoms with Gasteiger partial charge in [0.2, 0.25) is 5.91 Å². The molecule has 26 heavy (non-hydrogen) atoms. The number of nitrogens with one attached hydrogen (secondary N) is 1. The maximum Gasteiger partial charge on any atom is 0.336 e. The molecule has 0 aliphatic rings. The fraction of sp³-hybridized carbons (Fsp3) is 0.278. The molecule has 0 saturated carbocycles. The molecular formula is C18H20N4O3S. The van der Waals surface area contributed by atoms with Gasteiger partial charge < -0.3 is 14.8 Å². The van der Waals surface area contributed by atoms with Crippen molar-refractivity contribution in [3.63, 3.8) is 0 Å². The number of carbonyl (C=O) groups excluding carboxylic acids is 1. The third-order valence-corrected chi connectivity index (χ3v) is 4.43. The summed E-state index contributed by atoms with van der Waals surface area (Å²) in [5, 5.41) is 9.28. The summed E-state index contributed by atoms with van der Waals surface area (Å²) in [6, 6.07) is 11.7. The highest BCUT2D eigenvalue weighted by molar-refractivity contribution is 7.13. The van der Waals surface area contributed by atoms with E-state index in [0.717, 1.165) is 16.3 Å². The SMILES string of the molecule is CCC(=O)Nc1ccc(-n2nc(OCCOC)nc2-c2cccs2)cc1. The Balaban J connectivity index is 1.88. The van der Waals surface area contributed by atoms with Gasteiger partial charge in [-0.2, -0.15) is 4.98 Å². The third kappa shape index (κ3) is 4.27. The lowest BCUT2D eigenvalue weighted by Crippen LogP contribution is -2.09. The number of methoxy groups -OCH3 is 1. The Morgan fingerprint density at radius 3 is 2.69 bits per heavy atom. The van der Waals surface area contributed by atoms with Gasteiger partial charge in [0.05, 0.1) is 17.2 Å². The second kappa shape index (κ2) is 8.59. The number of nitrogens with zero attached hydrogens (tertiary/aromatic N) is 3. The first-order valence-corrected chi connectivity index (χ1v) is 9.12. The highest BCUT2D eigenvalue weighted by atomic mass is 32.1. The summed E-state index contributed by atoms with van der Waals surface area (Å²) in [5.74, 6) is 0.685. The topological polar surface area (TPSA) is 78.3 Å². The quantitative estimate of drug-likeness (QED) is 0.614. The first-order valence-electron chi connectivity index (χ1n) is 8.24.